The normalized spacial score (nSPS) is 16.6. The van der Waals surface area contributed by atoms with Gasteiger partial charge in [0, 0.05) is 64.6 Å². The van der Waals surface area contributed by atoms with E-state index in [0.717, 1.165) is 0 Å². The predicted molar refractivity (Wildman–Crippen MR) is 127 cm³/mol. The van der Waals surface area contributed by atoms with E-state index in [1.807, 2.05) is 0 Å². The van der Waals surface area contributed by atoms with Crippen molar-refractivity contribution in [2.24, 2.45) is 17.6 Å². The average Bonchev–Trinajstić information content (AvgIpc) is 2.98. The maximum absolute atomic E-state index is 12.6. The molecule has 1 heterocycles. The summed E-state index contributed by atoms with van der Waals surface area (Å²) in [5, 5.41) is 7.68. The van der Waals surface area contributed by atoms with Crippen LogP contribution >= 0.6 is 0 Å². The molecule has 0 aliphatic carbocycles. The van der Waals surface area contributed by atoms with Gasteiger partial charge in [0.05, 0.1) is 0 Å². The van der Waals surface area contributed by atoms with Crippen LogP contribution in [0.25, 0.3) is 0 Å². The van der Waals surface area contributed by atoms with Gasteiger partial charge in [-0.3, -0.25) is 24.1 Å². The van der Waals surface area contributed by atoms with Gasteiger partial charge in [0.2, 0.25) is 23.6 Å². The molecule has 1 saturated heterocycles. The monoisotopic (exact) mass is 570 g/mol. The Balaban J connectivity index is 0. The Kier molecular flexibility index (Phi) is 18.6. The quantitative estimate of drug-likeness (QED) is 0.128. The predicted octanol–water partition coefficient (Wildman–Crippen LogP) is 0.573. The second-order valence-corrected chi connectivity index (χ2v) is 8.70. The number of nitrogens with one attached hydrogen (secondary N) is 3. The fourth-order valence-corrected chi connectivity index (χ4v) is 3.54. The Bertz CT molecular complexity index is 733. The molecule has 11 nitrogen and oxygen atoms in total. The van der Waals surface area contributed by atoms with Crippen LogP contribution in [0.15, 0.2) is 0 Å². The molecule has 1 radical (unpaired) electrons. The molecule has 1 aliphatic heterocycles. The Labute approximate surface area is 233 Å². The van der Waals surface area contributed by atoms with Gasteiger partial charge in [-0.25, -0.2) is 11.1 Å². The fourth-order valence-electron chi connectivity index (χ4n) is 3.54. The number of likely N-dealkylation sites (tertiary alicyclic amines) is 1. The molecule has 5 N–H and O–H groups in total. The van der Waals surface area contributed by atoms with E-state index < -0.39 is 24.0 Å². The van der Waals surface area contributed by atoms with Crippen LogP contribution in [-0.2, 0) is 56.7 Å². The number of nitrogens with zero attached hydrogens (tertiary/aromatic N) is 1. The SMILES string of the molecule is CC1CC(=O)N(CCCCCC(=O)N[C@H](C(=O)N[C@H]([C-]=O)CCCNC(N)=O)C(C)C)C1=O.[CH3-].[Y]. The van der Waals surface area contributed by atoms with Gasteiger partial charge < -0.3 is 33.9 Å². The topological polar surface area (TPSA) is 168 Å². The summed E-state index contributed by atoms with van der Waals surface area (Å²) in [6.45, 7) is 5.94. The van der Waals surface area contributed by atoms with Crippen molar-refractivity contribution >= 4 is 35.9 Å². The standard InChI is InChI=1S/C22H36N5O6.CH3.Y/c1-14(2)19(20(31)25-16(13-28)8-7-10-24-22(23)33)26-17(29)9-5-4-6-11-27-18(30)12-15(3)21(27)32;;/h14-16,19H,4-12H2,1-3H3,(H,25,31)(H,26,29)(H3,23,24,33);1H3;/q2*-1;/t15?,16-,19-;;/m0../s1. The number of hydrogen-bond acceptors (Lipinski definition) is 6. The number of amides is 6. The van der Waals surface area contributed by atoms with Crippen molar-refractivity contribution in [2.75, 3.05) is 13.1 Å². The van der Waals surface area contributed by atoms with E-state index in [4.69, 9.17) is 5.73 Å². The molecule has 12 heteroatoms. The first kappa shape index (κ1) is 35.3. The number of imide groups is 1. The molecule has 0 bridgehead atoms. The Morgan fingerprint density at radius 3 is 2.29 bits per heavy atom. The van der Waals surface area contributed by atoms with Crippen molar-refractivity contribution in [3.63, 3.8) is 0 Å². The van der Waals surface area contributed by atoms with Gasteiger partial charge in [0.25, 0.3) is 0 Å². The van der Waals surface area contributed by atoms with Gasteiger partial charge in [0.15, 0.2) is 0 Å². The number of rotatable bonds is 15. The molecule has 3 atom stereocenters. The van der Waals surface area contributed by atoms with Gasteiger partial charge in [-0.05, 0) is 25.2 Å². The Morgan fingerprint density at radius 2 is 1.77 bits per heavy atom. The molecule has 1 aliphatic rings. The third kappa shape index (κ3) is 13.1. The van der Waals surface area contributed by atoms with Gasteiger partial charge in [-0.1, -0.05) is 39.7 Å². The van der Waals surface area contributed by atoms with Gasteiger partial charge >= 0.3 is 6.03 Å². The summed E-state index contributed by atoms with van der Waals surface area (Å²) in [5.41, 5.74) is 4.97. The molecule has 0 aromatic carbocycles. The van der Waals surface area contributed by atoms with E-state index in [1.165, 1.54) is 4.90 Å². The third-order valence-corrected chi connectivity index (χ3v) is 5.45. The first-order valence-corrected chi connectivity index (χ1v) is 11.4. The van der Waals surface area contributed by atoms with Crippen LogP contribution in [0.5, 0.6) is 0 Å². The minimum atomic E-state index is -0.857. The second kappa shape index (κ2) is 18.4. The van der Waals surface area contributed by atoms with Crippen LogP contribution in [0, 0.1) is 19.3 Å². The summed E-state index contributed by atoms with van der Waals surface area (Å²) in [4.78, 5) is 71.7. The summed E-state index contributed by atoms with van der Waals surface area (Å²) in [6.07, 6.45) is 4.76. The first-order valence-electron chi connectivity index (χ1n) is 11.4. The summed E-state index contributed by atoms with van der Waals surface area (Å²) >= 11 is 0. The van der Waals surface area contributed by atoms with Gasteiger partial charge in [0.1, 0.15) is 6.04 Å². The summed E-state index contributed by atoms with van der Waals surface area (Å²) in [7, 11) is 0. The van der Waals surface area contributed by atoms with Crippen molar-refractivity contribution in [1.82, 2.24) is 20.9 Å². The number of primary amides is 1. The van der Waals surface area contributed by atoms with Crippen LogP contribution in [0.3, 0.4) is 0 Å². The zero-order chi connectivity index (χ0) is 25.0. The summed E-state index contributed by atoms with van der Waals surface area (Å²) in [6, 6.07) is -2.33. The molecule has 0 aromatic rings. The summed E-state index contributed by atoms with van der Waals surface area (Å²) in [5.74, 6) is -1.51. The molecule has 6 amide bonds. The summed E-state index contributed by atoms with van der Waals surface area (Å²) < 4.78 is 0. The Hall–Kier alpha value is -1.88. The average molecular weight is 571 g/mol. The zero-order valence-corrected chi connectivity index (χ0v) is 24.1. The van der Waals surface area contributed by atoms with Crippen molar-refractivity contribution in [3.8, 4) is 0 Å². The van der Waals surface area contributed by atoms with E-state index >= 15 is 0 Å². The maximum atomic E-state index is 12.6. The van der Waals surface area contributed by atoms with Crippen LogP contribution < -0.4 is 21.7 Å². The second-order valence-electron chi connectivity index (χ2n) is 8.70. The van der Waals surface area contributed by atoms with Crippen molar-refractivity contribution in [3.05, 3.63) is 7.43 Å². The molecule has 1 rings (SSSR count). The number of nitrogens with two attached hydrogens (primary N) is 1. The third-order valence-electron chi connectivity index (χ3n) is 5.45. The maximum Gasteiger partial charge on any atom is 0.312 e. The smallest absolute Gasteiger partial charge is 0.312 e. The van der Waals surface area contributed by atoms with Crippen molar-refractivity contribution in [2.45, 2.75) is 77.8 Å². The molecule has 35 heavy (non-hydrogen) atoms. The van der Waals surface area contributed by atoms with Gasteiger partial charge in [-0.2, -0.15) is 0 Å². The minimum Gasteiger partial charge on any atom is -0.540 e. The van der Waals surface area contributed by atoms with E-state index in [0.29, 0.717) is 32.2 Å². The fraction of sp³-hybridized carbons (Fsp3) is 0.696. The number of unbranched alkanes of at least 4 members (excludes halogenated alkanes) is 2. The van der Waals surface area contributed by atoms with Crippen molar-refractivity contribution in [1.29, 1.82) is 0 Å². The largest absolute Gasteiger partial charge is 0.540 e. The number of hydrogen-bond donors (Lipinski definition) is 4. The molecule has 197 valence electrons. The molecule has 1 unspecified atom stereocenters. The number of carbonyl (C=O) groups excluding carboxylic acids is 6. The van der Waals surface area contributed by atoms with Gasteiger partial charge in [-0.15, -0.1) is 0 Å². The van der Waals surface area contributed by atoms with E-state index in [-0.39, 0.29) is 95.5 Å². The van der Waals surface area contributed by atoms with Crippen LogP contribution in [-0.4, -0.2) is 66.0 Å². The van der Waals surface area contributed by atoms with Crippen LogP contribution in [0.4, 0.5) is 4.79 Å². The first-order chi connectivity index (χ1) is 15.6. The minimum absolute atomic E-state index is 0. The van der Waals surface area contributed by atoms with E-state index in [2.05, 4.69) is 16.0 Å². The number of carbonyl (C=O) groups is 5. The zero-order valence-electron chi connectivity index (χ0n) is 21.2. The van der Waals surface area contributed by atoms with E-state index in [9.17, 15) is 28.8 Å². The molecule has 0 saturated carbocycles. The van der Waals surface area contributed by atoms with E-state index in [1.54, 1.807) is 27.1 Å². The van der Waals surface area contributed by atoms with Crippen LogP contribution in [0.2, 0.25) is 0 Å². The molecule has 0 aromatic heterocycles. The van der Waals surface area contributed by atoms with Crippen LogP contribution in [0.1, 0.15) is 65.7 Å². The molecule has 0 spiro atoms. The number of urea groups is 1. The molecule has 1 fully saturated rings. The van der Waals surface area contributed by atoms with Crippen molar-refractivity contribution < 1.29 is 61.5 Å². The molecular weight excluding hydrogens is 531 g/mol. The molecular formula is C23H39N5O6Y-2. The Morgan fingerprint density at radius 1 is 1.11 bits per heavy atom.